The Hall–Kier alpha value is -2.49. The molecule has 4 rings (SSSR count). The summed E-state index contributed by atoms with van der Waals surface area (Å²) in [6.07, 6.45) is 1.99. The number of aromatic nitrogens is 4. The number of pyridine rings is 1. The molecule has 0 amide bonds. The minimum atomic E-state index is 0.698. The highest BCUT2D eigenvalue weighted by molar-refractivity contribution is 5.85. The topological polar surface area (TPSA) is 43.1 Å². The van der Waals surface area contributed by atoms with Crippen molar-refractivity contribution in [2.75, 3.05) is 0 Å². The number of nitrogens with zero attached hydrogens (tertiary/aromatic N) is 4. The van der Waals surface area contributed by atoms with Gasteiger partial charge in [0.15, 0.2) is 11.3 Å². The average molecular weight is 248 g/mol. The van der Waals surface area contributed by atoms with Gasteiger partial charge in [0.05, 0.1) is 11.0 Å². The van der Waals surface area contributed by atoms with Crippen molar-refractivity contribution in [1.29, 1.82) is 0 Å². The van der Waals surface area contributed by atoms with E-state index in [0.29, 0.717) is 5.65 Å². The number of rotatable bonds is 0. The molecule has 0 fully saturated rings. The summed E-state index contributed by atoms with van der Waals surface area (Å²) in [5, 5.41) is 0. The van der Waals surface area contributed by atoms with Crippen LogP contribution in [0.2, 0.25) is 0 Å². The van der Waals surface area contributed by atoms with Gasteiger partial charge < -0.3 is 0 Å². The van der Waals surface area contributed by atoms with Crippen molar-refractivity contribution in [3.63, 3.8) is 0 Å². The van der Waals surface area contributed by atoms with Crippen LogP contribution in [0.5, 0.6) is 0 Å². The summed E-state index contributed by atoms with van der Waals surface area (Å²) in [6.45, 7) is 4.11. The Morgan fingerprint density at radius 1 is 0.842 bits per heavy atom. The standard InChI is InChI=1S/C15H12N4/c1-9-3-4-11-12(7-9)16-14-15(17-11)19-6-5-10(2)8-13(19)18-14/h3-8H,1-2H3. The molecule has 0 radical (unpaired) electrons. The molecular weight excluding hydrogens is 236 g/mol. The Bertz CT molecular complexity index is 928. The number of hydrogen-bond acceptors (Lipinski definition) is 3. The van der Waals surface area contributed by atoms with Crippen LogP contribution in [0.4, 0.5) is 0 Å². The number of hydrogen-bond donors (Lipinski definition) is 0. The van der Waals surface area contributed by atoms with Crippen LogP contribution in [-0.4, -0.2) is 19.4 Å². The molecule has 92 valence electrons. The molecule has 0 saturated heterocycles. The van der Waals surface area contributed by atoms with E-state index in [0.717, 1.165) is 22.3 Å². The lowest BCUT2D eigenvalue weighted by Crippen LogP contribution is -1.90. The number of fused-ring (bicyclic) bond motifs is 4. The molecule has 4 heteroatoms. The van der Waals surface area contributed by atoms with Crippen LogP contribution in [0, 0.1) is 13.8 Å². The van der Waals surface area contributed by atoms with Crippen LogP contribution in [0.25, 0.3) is 28.0 Å². The van der Waals surface area contributed by atoms with Crippen molar-refractivity contribution in [3.05, 3.63) is 47.7 Å². The highest BCUT2D eigenvalue weighted by Crippen LogP contribution is 2.19. The molecule has 3 aromatic heterocycles. The van der Waals surface area contributed by atoms with Crippen molar-refractivity contribution in [2.24, 2.45) is 0 Å². The molecule has 0 N–H and O–H groups in total. The Morgan fingerprint density at radius 3 is 2.58 bits per heavy atom. The van der Waals surface area contributed by atoms with E-state index in [1.165, 1.54) is 11.1 Å². The Balaban J connectivity index is 2.19. The smallest absolute Gasteiger partial charge is 0.198 e. The zero-order valence-corrected chi connectivity index (χ0v) is 10.8. The predicted octanol–water partition coefficient (Wildman–Crippen LogP) is 3.05. The lowest BCUT2D eigenvalue weighted by Gasteiger charge is -1.99. The summed E-state index contributed by atoms with van der Waals surface area (Å²) in [6, 6.07) is 10.2. The molecule has 0 unspecified atom stereocenters. The lowest BCUT2D eigenvalue weighted by molar-refractivity contribution is 1.18. The third-order valence-electron chi connectivity index (χ3n) is 3.32. The minimum absolute atomic E-state index is 0.698. The summed E-state index contributed by atoms with van der Waals surface area (Å²) >= 11 is 0. The second-order valence-corrected chi connectivity index (χ2v) is 4.91. The van der Waals surface area contributed by atoms with E-state index in [1.54, 1.807) is 0 Å². The van der Waals surface area contributed by atoms with Gasteiger partial charge in [-0.3, -0.25) is 4.40 Å². The molecule has 0 aliphatic carbocycles. The van der Waals surface area contributed by atoms with Gasteiger partial charge in [-0.2, -0.15) is 0 Å². The molecule has 3 heterocycles. The van der Waals surface area contributed by atoms with Gasteiger partial charge in [0.2, 0.25) is 0 Å². The van der Waals surface area contributed by atoms with E-state index >= 15 is 0 Å². The monoisotopic (exact) mass is 248 g/mol. The first-order valence-electron chi connectivity index (χ1n) is 6.23. The van der Waals surface area contributed by atoms with Gasteiger partial charge in [0.1, 0.15) is 5.65 Å². The summed E-state index contributed by atoms with van der Waals surface area (Å²) in [4.78, 5) is 13.8. The number of benzene rings is 1. The first-order valence-corrected chi connectivity index (χ1v) is 6.23. The van der Waals surface area contributed by atoms with Crippen molar-refractivity contribution in [3.8, 4) is 0 Å². The summed E-state index contributed by atoms with van der Waals surface area (Å²) < 4.78 is 1.98. The van der Waals surface area contributed by atoms with Crippen LogP contribution in [0.3, 0.4) is 0 Å². The lowest BCUT2D eigenvalue weighted by atomic mass is 10.2. The number of imidazole rings is 1. The van der Waals surface area contributed by atoms with Gasteiger partial charge >= 0.3 is 0 Å². The third kappa shape index (κ3) is 1.50. The fourth-order valence-electron chi connectivity index (χ4n) is 2.35. The van der Waals surface area contributed by atoms with Crippen LogP contribution >= 0.6 is 0 Å². The molecule has 0 atom stereocenters. The maximum Gasteiger partial charge on any atom is 0.198 e. The van der Waals surface area contributed by atoms with E-state index < -0.39 is 0 Å². The van der Waals surface area contributed by atoms with E-state index in [9.17, 15) is 0 Å². The molecule has 4 aromatic rings. The molecule has 0 aliphatic rings. The van der Waals surface area contributed by atoms with Gasteiger partial charge in [-0.15, -0.1) is 0 Å². The Labute approximate surface area is 109 Å². The maximum atomic E-state index is 4.67. The Morgan fingerprint density at radius 2 is 1.68 bits per heavy atom. The van der Waals surface area contributed by atoms with Gasteiger partial charge in [-0.1, -0.05) is 6.07 Å². The molecule has 0 bridgehead atoms. The largest absolute Gasteiger partial charge is 0.283 e. The fourth-order valence-corrected chi connectivity index (χ4v) is 2.35. The maximum absolute atomic E-state index is 4.67. The summed E-state index contributed by atoms with van der Waals surface area (Å²) in [5.41, 5.74) is 6.56. The molecule has 1 aromatic carbocycles. The second-order valence-electron chi connectivity index (χ2n) is 4.91. The number of aryl methyl sites for hydroxylation is 2. The van der Waals surface area contributed by atoms with E-state index in [-0.39, 0.29) is 0 Å². The Kier molecular flexibility index (Phi) is 1.93. The zero-order valence-electron chi connectivity index (χ0n) is 10.8. The van der Waals surface area contributed by atoms with Crippen LogP contribution < -0.4 is 0 Å². The van der Waals surface area contributed by atoms with E-state index in [1.807, 2.05) is 28.8 Å². The quantitative estimate of drug-likeness (QED) is 0.480. The van der Waals surface area contributed by atoms with Gasteiger partial charge in [0.25, 0.3) is 0 Å². The first kappa shape index (κ1) is 10.4. The second kappa shape index (κ2) is 3.51. The predicted molar refractivity (Wildman–Crippen MR) is 75.3 cm³/mol. The average Bonchev–Trinajstić information content (AvgIpc) is 2.72. The zero-order chi connectivity index (χ0) is 13.0. The normalized spacial score (nSPS) is 11.7. The van der Waals surface area contributed by atoms with Crippen LogP contribution in [-0.2, 0) is 0 Å². The molecule has 0 saturated carbocycles. The third-order valence-corrected chi connectivity index (χ3v) is 3.32. The molecule has 0 spiro atoms. The van der Waals surface area contributed by atoms with Crippen molar-refractivity contribution >= 4 is 28.0 Å². The van der Waals surface area contributed by atoms with E-state index in [2.05, 4.69) is 40.9 Å². The fraction of sp³-hybridized carbons (Fsp3) is 0.133. The molecule has 4 nitrogen and oxygen atoms in total. The highest BCUT2D eigenvalue weighted by Gasteiger charge is 2.09. The summed E-state index contributed by atoms with van der Waals surface area (Å²) in [5.74, 6) is 0. The SMILES string of the molecule is Cc1ccc2nc3c(nc2c1)nc1cc(C)ccn13. The van der Waals surface area contributed by atoms with Crippen molar-refractivity contribution < 1.29 is 0 Å². The minimum Gasteiger partial charge on any atom is -0.283 e. The van der Waals surface area contributed by atoms with Gasteiger partial charge in [-0.25, -0.2) is 15.0 Å². The van der Waals surface area contributed by atoms with Crippen molar-refractivity contribution in [2.45, 2.75) is 13.8 Å². The van der Waals surface area contributed by atoms with Gasteiger partial charge in [0, 0.05) is 6.20 Å². The van der Waals surface area contributed by atoms with Gasteiger partial charge in [-0.05, 0) is 49.2 Å². The molecule has 19 heavy (non-hydrogen) atoms. The molecule has 0 aliphatic heterocycles. The first-order chi connectivity index (χ1) is 9.20. The van der Waals surface area contributed by atoms with E-state index in [4.69, 9.17) is 0 Å². The van der Waals surface area contributed by atoms with Crippen LogP contribution in [0.15, 0.2) is 36.5 Å². The summed E-state index contributed by atoms with van der Waals surface area (Å²) in [7, 11) is 0. The molecular formula is C15H12N4. The van der Waals surface area contributed by atoms with Crippen molar-refractivity contribution in [1.82, 2.24) is 19.4 Å². The highest BCUT2D eigenvalue weighted by atomic mass is 15.1. The van der Waals surface area contributed by atoms with Crippen LogP contribution in [0.1, 0.15) is 11.1 Å².